The van der Waals surface area contributed by atoms with E-state index in [1.165, 1.54) is 0 Å². The molecule has 10 heteroatoms. The number of anilines is 2. The molecule has 0 aliphatic carbocycles. The second-order valence-corrected chi connectivity index (χ2v) is 11.6. The minimum Gasteiger partial charge on any atom is -0.354 e. The van der Waals surface area contributed by atoms with E-state index in [0.29, 0.717) is 30.9 Å². The zero-order valence-electron chi connectivity index (χ0n) is 26.1. The standard InChI is InChI=1S/C35H42N6O4/c1-22(2)30(40-34(44)38-28-18-9-14-24-12-5-7-16-26(24)28)32(42)36-20-11-21-37-33(43)31(23(3)4)41-35(45)39-29-19-10-15-25-13-6-8-17-27(25)29/h5-10,12-19,22-23,30-31H,11,20-21H2,1-4H3,(H,36,42)(H,37,43)(H2,38,40,44)(H2,39,41,45)/t30-,31-/m0/s1. The Morgan fingerprint density at radius 1 is 0.533 bits per heavy atom. The van der Waals surface area contributed by atoms with Crippen LogP contribution in [-0.4, -0.2) is 49.0 Å². The first-order valence-electron chi connectivity index (χ1n) is 15.3. The van der Waals surface area contributed by atoms with Crippen molar-refractivity contribution < 1.29 is 19.2 Å². The van der Waals surface area contributed by atoms with E-state index in [1.54, 1.807) is 0 Å². The van der Waals surface area contributed by atoms with Crippen molar-refractivity contribution in [2.24, 2.45) is 11.8 Å². The number of nitrogens with one attached hydrogen (secondary N) is 6. The smallest absolute Gasteiger partial charge is 0.319 e. The predicted octanol–water partition coefficient (Wildman–Crippen LogP) is 5.61. The van der Waals surface area contributed by atoms with Crippen molar-refractivity contribution in [1.82, 2.24) is 21.3 Å². The summed E-state index contributed by atoms with van der Waals surface area (Å²) >= 11 is 0. The van der Waals surface area contributed by atoms with Crippen LogP contribution in [0.25, 0.3) is 21.5 Å². The number of hydrogen-bond acceptors (Lipinski definition) is 4. The molecule has 6 N–H and O–H groups in total. The first-order valence-corrected chi connectivity index (χ1v) is 15.3. The van der Waals surface area contributed by atoms with Crippen LogP contribution in [0.1, 0.15) is 34.1 Å². The predicted molar refractivity (Wildman–Crippen MR) is 180 cm³/mol. The van der Waals surface area contributed by atoms with Crippen molar-refractivity contribution in [3.05, 3.63) is 84.9 Å². The molecular weight excluding hydrogens is 568 g/mol. The van der Waals surface area contributed by atoms with E-state index in [1.807, 2.05) is 113 Å². The van der Waals surface area contributed by atoms with Gasteiger partial charge >= 0.3 is 12.1 Å². The molecule has 0 saturated heterocycles. The Morgan fingerprint density at radius 2 is 0.911 bits per heavy atom. The van der Waals surface area contributed by atoms with Gasteiger partial charge in [-0.15, -0.1) is 0 Å². The van der Waals surface area contributed by atoms with Crippen LogP contribution in [0, 0.1) is 11.8 Å². The fourth-order valence-electron chi connectivity index (χ4n) is 5.07. The van der Waals surface area contributed by atoms with Crippen LogP contribution in [-0.2, 0) is 9.59 Å². The number of carbonyl (C=O) groups excluding carboxylic acids is 4. The number of fused-ring (bicyclic) bond motifs is 2. The molecule has 2 atom stereocenters. The lowest BCUT2D eigenvalue weighted by molar-refractivity contribution is -0.124. The van der Waals surface area contributed by atoms with Crippen LogP contribution < -0.4 is 31.9 Å². The third-order valence-corrected chi connectivity index (χ3v) is 7.50. The van der Waals surface area contributed by atoms with Gasteiger partial charge in [0.2, 0.25) is 11.8 Å². The van der Waals surface area contributed by atoms with Crippen molar-refractivity contribution in [2.45, 2.75) is 46.2 Å². The van der Waals surface area contributed by atoms with E-state index < -0.39 is 24.1 Å². The summed E-state index contributed by atoms with van der Waals surface area (Å²) in [5.41, 5.74) is 1.31. The molecule has 4 aromatic carbocycles. The van der Waals surface area contributed by atoms with Crippen LogP contribution in [0.2, 0.25) is 0 Å². The summed E-state index contributed by atoms with van der Waals surface area (Å²) in [5, 5.41) is 20.8. The normalized spacial score (nSPS) is 12.4. The molecule has 0 saturated carbocycles. The molecule has 4 rings (SSSR count). The van der Waals surface area contributed by atoms with Gasteiger partial charge in [0, 0.05) is 23.9 Å². The van der Waals surface area contributed by atoms with Crippen molar-refractivity contribution in [2.75, 3.05) is 23.7 Å². The van der Waals surface area contributed by atoms with Gasteiger partial charge < -0.3 is 31.9 Å². The first-order chi connectivity index (χ1) is 21.6. The van der Waals surface area contributed by atoms with E-state index in [4.69, 9.17) is 0 Å². The quantitative estimate of drug-likeness (QED) is 0.116. The molecule has 0 radical (unpaired) electrons. The maximum absolute atomic E-state index is 12.9. The van der Waals surface area contributed by atoms with Gasteiger partial charge in [0.15, 0.2) is 0 Å². The molecule has 0 heterocycles. The summed E-state index contributed by atoms with van der Waals surface area (Å²) in [6, 6.07) is 24.3. The lowest BCUT2D eigenvalue weighted by Crippen LogP contribution is -2.52. The Morgan fingerprint density at radius 3 is 1.31 bits per heavy atom. The average molecular weight is 611 g/mol. The fourth-order valence-corrected chi connectivity index (χ4v) is 5.07. The van der Waals surface area contributed by atoms with Crippen molar-refractivity contribution in [3.63, 3.8) is 0 Å². The highest BCUT2D eigenvalue weighted by Crippen LogP contribution is 2.24. The highest BCUT2D eigenvalue weighted by Gasteiger charge is 2.25. The van der Waals surface area contributed by atoms with Gasteiger partial charge in [-0.2, -0.15) is 0 Å². The zero-order valence-corrected chi connectivity index (χ0v) is 26.1. The second-order valence-electron chi connectivity index (χ2n) is 11.6. The van der Waals surface area contributed by atoms with E-state index in [2.05, 4.69) is 31.9 Å². The van der Waals surface area contributed by atoms with Crippen LogP contribution >= 0.6 is 0 Å². The van der Waals surface area contributed by atoms with E-state index in [0.717, 1.165) is 21.5 Å². The van der Waals surface area contributed by atoms with E-state index >= 15 is 0 Å². The van der Waals surface area contributed by atoms with Gasteiger partial charge in [-0.3, -0.25) is 9.59 Å². The lowest BCUT2D eigenvalue weighted by Gasteiger charge is -2.23. The van der Waals surface area contributed by atoms with Gasteiger partial charge in [-0.05, 0) is 41.2 Å². The highest BCUT2D eigenvalue weighted by molar-refractivity contribution is 6.03. The molecule has 6 amide bonds. The van der Waals surface area contributed by atoms with Crippen molar-refractivity contribution in [3.8, 4) is 0 Å². The Hall–Kier alpha value is -5.12. The molecule has 45 heavy (non-hydrogen) atoms. The van der Waals surface area contributed by atoms with Gasteiger partial charge in [0.1, 0.15) is 12.1 Å². The minimum atomic E-state index is -0.746. The summed E-state index contributed by atoms with van der Waals surface area (Å²) < 4.78 is 0. The van der Waals surface area contributed by atoms with Crippen LogP contribution in [0.5, 0.6) is 0 Å². The maximum atomic E-state index is 12.9. The molecule has 10 nitrogen and oxygen atoms in total. The first kappa shape index (κ1) is 32.8. The van der Waals surface area contributed by atoms with Crippen molar-refractivity contribution >= 4 is 56.8 Å². The third kappa shape index (κ3) is 8.95. The maximum Gasteiger partial charge on any atom is 0.319 e. The third-order valence-electron chi connectivity index (χ3n) is 7.50. The Balaban J connectivity index is 1.22. The molecule has 4 aromatic rings. The fraction of sp³-hybridized carbons (Fsp3) is 0.314. The van der Waals surface area contributed by atoms with Crippen LogP contribution in [0.4, 0.5) is 21.0 Å². The molecule has 0 spiro atoms. The lowest BCUT2D eigenvalue weighted by atomic mass is 10.0. The number of rotatable bonds is 12. The molecule has 236 valence electrons. The number of amides is 6. The van der Waals surface area contributed by atoms with E-state index in [9.17, 15) is 19.2 Å². The zero-order chi connectivity index (χ0) is 32.3. The molecule has 0 unspecified atom stereocenters. The summed E-state index contributed by atoms with van der Waals surface area (Å²) in [6.07, 6.45) is 0.470. The average Bonchev–Trinajstić information content (AvgIpc) is 3.02. The molecule has 0 aliphatic heterocycles. The number of benzene rings is 4. The number of hydrogen-bond donors (Lipinski definition) is 6. The summed E-state index contributed by atoms with van der Waals surface area (Å²) in [5.74, 6) is -0.922. The van der Waals surface area contributed by atoms with E-state index in [-0.39, 0.29) is 23.7 Å². The molecule has 0 aliphatic rings. The Bertz CT molecular complexity index is 1520. The van der Waals surface area contributed by atoms with Crippen molar-refractivity contribution in [1.29, 1.82) is 0 Å². The second kappa shape index (κ2) is 15.6. The Kier molecular flexibility index (Phi) is 11.3. The van der Waals surface area contributed by atoms with Gasteiger partial charge in [0.25, 0.3) is 0 Å². The molecular formula is C35H42N6O4. The summed E-state index contributed by atoms with van der Waals surface area (Å²) in [4.78, 5) is 51.5. The monoisotopic (exact) mass is 610 g/mol. The van der Waals surface area contributed by atoms with Gasteiger partial charge in [0.05, 0.1) is 11.4 Å². The van der Waals surface area contributed by atoms with Crippen LogP contribution in [0.15, 0.2) is 84.9 Å². The summed E-state index contributed by atoms with van der Waals surface area (Å²) in [6.45, 7) is 8.04. The topological polar surface area (TPSA) is 140 Å². The Labute approximate surface area is 263 Å². The van der Waals surface area contributed by atoms with Crippen LogP contribution in [0.3, 0.4) is 0 Å². The number of urea groups is 2. The molecule has 0 fully saturated rings. The SMILES string of the molecule is CC(C)[C@H](NC(=O)Nc1cccc2ccccc12)C(=O)NCCCNC(=O)[C@@H](NC(=O)Nc1cccc2ccccc12)C(C)C. The van der Waals surface area contributed by atoms with Gasteiger partial charge in [-0.25, -0.2) is 9.59 Å². The molecule has 0 bridgehead atoms. The van der Waals surface area contributed by atoms with Gasteiger partial charge in [-0.1, -0.05) is 100 Å². The summed E-state index contributed by atoms with van der Waals surface area (Å²) in [7, 11) is 0. The largest absolute Gasteiger partial charge is 0.354 e. The highest BCUT2D eigenvalue weighted by atomic mass is 16.2. The number of carbonyl (C=O) groups is 4. The minimum absolute atomic E-state index is 0.152. The molecule has 0 aromatic heterocycles.